The summed E-state index contributed by atoms with van der Waals surface area (Å²) in [7, 11) is 4.19. The molecule has 1 aliphatic heterocycles. The van der Waals surface area contributed by atoms with Crippen LogP contribution in [0.1, 0.15) is 37.9 Å². The van der Waals surface area contributed by atoms with Crippen molar-refractivity contribution in [3.05, 3.63) is 18.2 Å². The van der Waals surface area contributed by atoms with Gasteiger partial charge >= 0.3 is 5.97 Å². The number of carbonyl (C=O) groups excluding carboxylic acids is 2. The topological polar surface area (TPSA) is 67.7 Å². The largest absolute Gasteiger partial charge is 0.461 e. The predicted octanol–water partition coefficient (Wildman–Crippen LogP) is 1.50. The smallest absolute Gasteiger partial charge is 0.326 e. The van der Waals surface area contributed by atoms with E-state index >= 15 is 0 Å². The average Bonchev–Trinajstić information content (AvgIpc) is 3.30. The van der Waals surface area contributed by atoms with Crippen molar-refractivity contribution in [3.8, 4) is 0 Å². The number of ether oxygens (including phenoxy) is 1. The quantitative estimate of drug-likeness (QED) is 0.666. The first-order valence-electron chi connectivity index (χ1n) is 9.16. The number of aryl methyl sites for hydroxylation is 1. The Morgan fingerprint density at radius 2 is 1.92 bits per heavy atom. The van der Waals surface area contributed by atoms with Crippen molar-refractivity contribution in [2.45, 2.75) is 57.2 Å². The Morgan fingerprint density at radius 3 is 2.54 bits per heavy atom. The van der Waals surface area contributed by atoms with Crippen LogP contribution in [-0.4, -0.2) is 70.6 Å². The fourth-order valence-corrected chi connectivity index (χ4v) is 3.27. The highest BCUT2D eigenvalue weighted by Gasteiger charge is 2.26. The summed E-state index contributed by atoms with van der Waals surface area (Å²) < 4.78 is 7.06. The van der Waals surface area contributed by atoms with Gasteiger partial charge in [-0.15, -0.1) is 12.4 Å². The molecule has 1 aromatic rings. The van der Waals surface area contributed by atoms with Gasteiger partial charge in [-0.25, -0.2) is 4.98 Å². The van der Waals surface area contributed by atoms with Crippen LogP contribution in [0.2, 0.25) is 0 Å². The van der Waals surface area contributed by atoms with E-state index in [4.69, 9.17) is 4.74 Å². The summed E-state index contributed by atoms with van der Waals surface area (Å²) in [6.07, 6.45) is 8.55. The molecular formula is C18H29ClN4O3. The number of hydrogen-bond donors (Lipinski definition) is 0. The number of halogens is 1. The normalized spacial score (nSPS) is 17.9. The van der Waals surface area contributed by atoms with Crippen molar-refractivity contribution >= 4 is 24.3 Å². The van der Waals surface area contributed by atoms with Gasteiger partial charge < -0.3 is 19.1 Å². The van der Waals surface area contributed by atoms with Gasteiger partial charge in [0.15, 0.2) is 0 Å². The second-order valence-electron chi connectivity index (χ2n) is 7.24. The van der Waals surface area contributed by atoms with Crippen molar-refractivity contribution in [2.75, 3.05) is 27.2 Å². The zero-order chi connectivity index (χ0) is 17.8. The molecule has 3 rings (SSSR count). The number of rotatable bonds is 7. The Balaban J connectivity index is 0.00000243. The molecule has 26 heavy (non-hydrogen) atoms. The Hall–Kier alpha value is -1.60. The van der Waals surface area contributed by atoms with Gasteiger partial charge in [-0.2, -0.15) is 0 Å². The third kappa shape index (κ3) is 5.71. The minimum atomic E-state index is -0.223. The lowest BCUT2D eigenvalue weighted by Crippen LogP contribution is -2.44. The first-order valence-corrected chi connectivity index (χ1v) is 9.16. The zero-order valence-corrected chi connectivity index (χ0v) is 16.4. The van der Waals surface area contributed by atoms with E-state index in [0.717, 1.165) is 44.6 Å². The molecule has 1 aliphatic carbocycles. The maximum absolute atomic E-state index is 12.4. The highest BCUT2D eigenvalue weighted by molar-refractivity contribution is 5.85. The van der Waals surface area contributed by atoms with Gasteiger partial charge in [0, 0.05) is 44.4 Å². The van der Waals surface area contributed by atoms with Crippen LogP contribution in [0.3, 0.4) is 0 Å². The van der Waals surface area contributed by atoms with Gasteiger partial charge in [-0.05, 0) is 39.8 Å². The maximum atomic E-state index is 12.4. The highest BCUT2D eigenvalue weighted by atomic mass is 35.5. The number of likely N-dealkylation sites (tertiary alicyclic amines) is 1. The third-order valence-corrected chi connectivity index (χ3v) is 5.03. The monoisotopic (exact) mass is 384 g/mol. The Labute approximate surface area is 161 Å². The summed E-state index contributed by atoms with van der Waals surface area (Å²) in [6, 6.07) is 0.570. The second-order valence-corrected chi connectivity index (χ2v) is 7.24. The summed E-state index contributed by atoms with van der Waals surface area (Å²) >= 11 is 0. The summed E-state index contributed by atoms with van der Waals surface area (Å²) in [5.74, 6) is 0.718. The van der Waals surface area contributed by atoms with Crippen LogP contribution >= 0.6 is 12.4 Å². The molecule has 0 radical (unpaired) electrons. The van der Waals surface area contributed by atoms with Gasteiger partial charge in [0.1, 0.15) is 18.5 Å². The molecule has 1 amide bonds. The summed E-state index contributed by atoms with van der Waals surface area (Å²) in [4.78, 5) is 32.8. The second kappa shape index (κ2) is 9.37. The van der Waals surface area contributed by atoms with Gasteiger partial charge in [-0.1, -0.05) is 0 Å². The Morgan fingerprint density at radius 1 is 1.23 bits per heavy atom. The predicted molar refractivity (Wildman–Crippen MR) is 100 cm³/mol. The van der Waals surface area contributed by atoms with Crippen LogP contribution in [0.15, 0.2) is 12.4 Å². The van der Waals surface area contributed by atoms with E-state index in [1.807, 2.05) is 4.90 Å². The lowest BCUT2D eigenvalue weighted by atomic mass is 10.0. The summed E-state index contributed by atoms with van der Waals surface area (Å²) in [5, 5.41) is 0. The Bertz CT molecular complexity index is 607. The number of carbonyl (C=O) groups is 2. The minimum Gasteiger partial charge on any atom is -0.461 e. The fourth-order valence-electron chi connectivity index (χ4n) is 3.27. The molecule has 0 N–H and O–H groups in total. The molecule has 0 atom stereocenters. The molecule has 1 aromatic heterocycles. The molecule has 0 spiro atoms. The van der Waals surface area contributed by atoms with Crippen LogP contribution in [0.4, 0.5) is 0 Å². The maximum Gasteiger partial charge on any atom is 0.326 e. The standard InChI is InChI=1S/C18H28N4O3.ClH/c1-20(2)14-7-10-21(11-8-14)17(23)6-5-16-19-9-12-22(16)13-18(24)25-15-3-4-15;/h9,12,14-15H,3-8,10-11,13H2,1-2H3;1H. The first kappa shape index (κ1) is 20.7. The van der Waals surface area contributed by atoms with Gasteiger partial charge in [0.25, 0.3) is 0 Å². The van der Waals surface area contributed by atoms with Gasteiger partial charge in [0.05, 0.1) is 0 Å². The summed E-state index contributed by atoms with van der Waals surface area (Å²) in [5.41, 5.74) is 0. The number of piperidine rings is 1. The number of esters is 1. The van der Waals surface area contributed by atoms with Crippen molar-refractivity contribution in [2.24, 2.45) is 0 Å². The van der Waals surface area contributed by atoms with E-state index < -0.39 is 0 Å². The van der Waals surface area contributed by atoms with Crippen molar-refractivity contribution < 1.29 is 14.3 Å². The molecule has 2 fully saturated rings. The van der Waals surface area contributed by atoms with E-state index in [9.17, 15) is 9.59 Å². The van der Waals surface area contributed by atoms with Crippen molar-refractivity contribution in [1.82, 2.24) is 19.4 Å². The van der Waals surface area contributed by atoms with Crippen LogP contribution in [-0.2, 0) is 27.3 Å². The number of imidazole rings is 1. The van der Waals surface area contributed by atoms with E-state index in [-0.39, 0.29) is 36.9 Å². The average molecular weight is 385 g/mol. The first-order chi connectivity index (χ1) is 12.0. The lowest BCUT2D eigenvalue weighted by Gasteiger charge is -2.35. The number of aromatic nitrogens is 2. The van der Waals surface area contributed by atoms with E-state index in [0.29, 0.717) is 18.9 Å². The van der Waals surface area contributed by atoms with Gasteiger partial charge in [0.2, 0.25) is 5.91 Å². The minimum absolute atomic E-state index is 0. The molecule has 1 saturated carbocycles. The van der Waals surface area contributed by atoms with Gasteiger partial charge in [-0.3, -0.25) is 9.59 Å². The molecular weight excluding hydrogens is 356 g/mol. The van der Waals surface area contributed by atoms with Crippen molar-refractivity contribution in [3.63, 3.8) is 0 Å². The lowest BCUT2D eigenvalue weighted by molar-refractivity contribution is -0.145. The number of hydrogen-bond acceptors (Lipinski definition) is 5. The fraction of sp³-hybridized carbons (Fsp3) is 0.722. The molecule has 2 heterocycles. The molecule has 2 aliphatic rings. The molecule has 1 saturated heterocycles. The van der Waals surface area contributed by atoms with Crippen LogP contribution in [0, 0.1) is 0 Å². The molecule has 8 heteroatoms. The molecule has 0 bridgehead atoms. The number of nitrogens with zero attached hydrogens (tertiary/aromatic N) is 4. The van der Waals surface area contributed by atoms with E-state index in [1.165, 1.54) is 0 Å². The molecule has 146 valence electrons. The van der Waals surface area contributed by atoms with Crippen LogP contribution in [0.5, 0.6) is 0 Å². The highest BCUT2D eigenvalue weighted by Crippen LogP contribution is 2.23. The zero-order valence-electron chi connectivity index (χ0n) is 15.6. The van der Waals surface area contributed by atoms with Crippen molar-refractivity contribution in [1.29, 1.82) is 0 Å². The molecule has 0 aromatic carbocycles. The van der Waals surface area contributed by atoms with E-state index in [1.54, 1.807) is 17.0 Å². The SMILES string of the molecule is CN(C)C1CCN(C(=O)CCc2nccn2CC(=O)OC2CC2)CC1.Cl. The third-order valence-electron chi connectivity index (χ3n) is 5.03. The Kier molecular flexibility index (Phi) is 7.46. The number of amides is 1. The molecule has 0 unspecified atom stereocenters. The molecule has 7 nitrogen and oxygen atoms in total. The van der Waals surface area contributed by atoms with Crippen LogP contribution < -0.4 is 0 Å². The van der Waals surface area contributed by atoms with E-state index in [2.05, 4.69) is 24.0 Å². The summed E-state index contributed by atoms with van der Waals surface area (Å²) in [6.45, 7) is 1.82. The van der Waals surface area contributed by atoms with Crippen LogP contribution in [0.25, 0.3) is 0 Å².